The molecule has 30 aromatic rings. The van der Waals surface area contributed by atoms with Crippen molar-refractivity contribution in [3.63, 3.8) is 0 Å². The number of fused-ring (bicyclic) bond motifs is 22. The van der Waals surface area contributed by atoms with E-state index >= 15 is 0 Å². The average Bonchev–Trinajstić information content (AvgIpc) is 1.57. The third kappa shape index (κ3) is 13.6. The Bertz CT molecular complexity index is 9720. The minimum absolute atomic E-state index is 1.16. The lowest BCUT2D eigenvalue weighted by Crippen LogP contribution is -1.95. The van der Waals surface area contributed by atoms with Crippen LogP contribution in [0.3, 0.4) is 0 Å². The van der Waals surface area contributed by atoms with Crippen LogP contribution in [0.4, 0.5) is 0 Å². The number of benzene rings is 24. The number of hydrogen-bond acceptors (Lipinski definition) is 0. The molecule has 0 aliphatic carbocycles. The number of para-hydroxylation sites is 6. The normalized spacial score (nSPS) is 11.8. The molecular formula is C136H88N6. The molecule has 24 aromatic carbocycles. The second-order valence-corrected chi connectivity index (χ2v) is 37.4. The highest BCUT2D eigenvalue weighted by Crippen LogP contribution is 2.47. The van der Waals surface area contributed by atoms with Crippen molar-refractivity contribution < 1.29 is 0 Å². The van der Waals surface area contributed by atoms with Crippen molar-refractivity contribution in [2.75, 3.05) is 0 Å². The first-order valence-corrected chi connectivity index (χ1v) is 48.9. The summed E-state index contributed by atoms with van der Waals surface area (Å²) in [5.41, 5.74) is 33.9. The van der Waals surface area contributed by atoms with Gasteiger partial charge in [0.05, 0.1) is 77.6 Å². The van der Waals surface area contributed by atoms with Crippen molar-refractivity contribution in [1.29, 1.82) is 0 Å². The van der Waals surface area contributed by atoms with Crippen LogP contribution in [0.25, 0.3) is 264 Å². The topological polar surface area (TPSA) is 29.6 Å². The van der Waals surface area contributed by atoms with Gasteiger partial charge in [0.25, 0.3) is 0 Å². The second-order valence-electron chi connectivity index (χ2n) is 37.4. The molecule has 0 saturated heterocycles. The maximum Gasteiger partial charge on any atom is 0.0541 e. The number of hydrogen-bond donors (Lipinski definition) is 0. The first-order chi connectivity index (χ1) is 70.4. The Morgan fingerprint density at radius 3 is 0.599 bits per heavy atom. The molecule has 0 saturated carbocycles. The van der Waals surface area contributed by atoms with Gasteiger partial charge < -0.3 is 27.4 Å². The first kappa shape index (κ1) is 81.5. The van der Waals surface area contributed by atoms with E-state index in [9.17, 15) is 0 Å². The predicted molar refractivity (Wildman–Crippen MR) is 603 cm³/mol. The Balaban J connectivity index is 0.000000104. The van der Waals surface area contributed by atoms with Crippen molar-refractivity contribution in [2.45, 2.75) is 0 Å². The molecule has 0 unspecified atom stereocenters. The van der Waals surface area contributed by atoms with E-state index in [1.807, 2.05) is 0 Å². The quantitative estimate of drug-likeness (QED) is 0.124. The Kier molecular flexibility index (Phi) is 19.2. The molecule has 30 rings (SSSR count). The summed E-state index contributed by atoms with van der Waals surface area (Å²) in [6.45, 7) is 0. The van der Waals surface area contributed by atoms with E-state index in [1.54, 1.807) is 0 Å². The molecule has 6 nitrogen and oxygen atoms in total. The standard InChI is InChI=1S/C48H32N2.2C44H28N2/c1-5-13-33(14-6-1)35-21-25-45-41(29-35)43-31-37(23-27-47(43)49(45)39-17-9-3-10-18-39)38-24-28-48-44(32-38)42-30-36(34-15-7-2-8-16-34)22-26-46(42)50(48)40-19-11-4-12-20-40;1-3-15-33-29(11-1)13-9-21-39(33)45-41-19-7-5-17-35(41)37-27-31(23-25-43(37)45)32-24-26-44-38(28-32)36-18-6-8-20-42(36)46(44)40-22-10-14-30-12-2-4-16-34(30)40;1-3-11-31-25-35(21-17-29(31)9-1)45-41-15-7-5-13-37(41)39-27-33(19-23-43(39)45)34-20-24-44-40(28-34)38-14-6-8-16-42(38)46(44)36-22-18-30-10-2-4-12-32(30)26-36/h1-32H;2*1-28H. The van der Waals surface area contributed by atoms with Gasteiger partial charge in [0.2, 0.25) is 0 Å². The molecular weight excluding hydrogens is 1720 g/mol. The van der Waals surface area contributed by atoms with Gasteiger partial charge in [-0.05, 0) is 270 Å². The van der Waals surface area contributed by atoms with Crippen LogP contribution in [0.1, 0.15) is 0 Å². The van der Waals surface area contributed by atoms with E-state index in [2.05, 4.69) is 561 Å². The van der Waals surface area contributed by atoms with Crippen molar-refractivity contribution in [1.82, 2.24) is 27.4 Å². The Labute approximate surface area is 819 Å². The van der Waals surface area contributed by atoms with Gasteiger partial charge in [-0.15, -0.1) is 0 Å². The summed E-state index contributed by atoms with van der Waals surface area (Å²) in [4.78, 5) is 0. The van der Waals surface area contributed by atoms with Gasteiger partial charge in [-0.25, -0.2) is 0 Å². The maximum atomic E-state index is 2.43. The van der Waals surface area contributed by atoms with Gasteiger partial charge in [-0.1, -0.05) is 352 Å². The van der Waals surface area contributed by atoms with E-state index in [-0.39, 0.29) is 0 Å². The van der Waals surface area contributed by atoms with Gasteiger partial charge in [0.15, 0.2) is 0 Å². The van der Waals surface area contributed by atoms with E-state index in [0.717, 1.165) is 11.4 Å². The van der Waals surface area contributed by atoms with Crippen LogP contribution in [0, 0.1) is 0 Å². The minimum Gasteiger partial charge on any atom is -0.309 e. The van der Waals surface area contributed by atoms with Crippen molar-refractivity contribution in [2.24, 2.45) is 0 Å². The lowest BCUT2D eigenvalue weighted by atomic mass is 9.98. The van der Waals surface area contributed by atoms with Gasteiger partial charge >= 0.3 is 0 Å². The summed E-state index contributed by atoms with van der Waals surface area (Å²) < 4.78 is 14.5. The molecule has 0 atom stereocenters. The second kappa shape index (κ2) is 33.5. The van der Waals surface area contributed by atoms with E-state index < -0.39 is 0 Å². The Morgan fingerprint density at radius 2 is 0.296 bits per heavy atom. The molecule has 0 N–H and O–H groups in total. The smallest absolute Gasteiger partial charge is 0.0541 e. The summed E-state index contributed by atoms with van der Waals surface area (Å²) in [5, 5.41) is 25.1. The van der Waals surface area contributed by atoms with Gasteiger partial charge in [0, 0.05) is 98.2 Å². The van der Waals surface area contributed by atoms with Crippen molar-refractivity contribution in [3.8, 4) is 89.8 Å². The van der Waals surface area contributed by atoms with Crippen LogP contribution in [-0.4, -0.2) is 27.4 Å². The van der Waals surface area contributed by atoms with Crippen LogP contribution in [-0.2, 0) is 0 Å². The summed E-state index contributed by atoms with van der Waals surface area (Å²) >= 11 is 0. The molecule has 0 spiro atoms. The fourth-order valence-electron chi connectivity index (χ4n) is 22.9. The van der Waals surface area contributed by atoms with Crippen molar-refractivity contribution in [3.05, 3.63) is 534 Å². The van der Waals surface area contributed by atoms with E-state index in [0.29, 0.717) is 0 Å². The van der Waals surface area contributed by atoms with Crippen LogP contribution in [0.15, 0.2) is 534 Å². The number of nitrogens with zero attached hydrogens (tertiary/aromatic N) is 6. The summed E-state index contributed by atoms with van der Waals surface area (Å²) in [6.07, 6.45) is 0. The molecule has 6 aromatic heterocycles. The predicted octanol–water partition coefficient (Wildman–Crippen LogP) is 36.6. The maximum absolute atomic E-state index is 2.43. The first-order valence-electron chi connectivity index (χ1n) is 48.9. The lowest BCUT2D eigenvalue weighted by Gasteiger charge is -2.12. The molecule has 0 aliphatic heterocycles. The van der Waals surface area contributed by atoms with Crippen LogP contribution in [0.5, 0.6) is 0 Å². The molecule has 142 heavy (non-hydrogen) atoms. The van der Waals surface area contributed by atoms with Crippen molar-refractivity contribution >= 4 is 174 Å². The average molecular weight is 1810 g/mol. The van der Waals surface area contributed by atoms with Gasteiger partial charge in [-0.2, -0.15) is 0 Å². The SMILES string of the molecule is c1ccc(-c2ccc3c(c2)c2cc(-c4ccc5c(c4)c4cc(-c6ccccc6)ccc4n5-c4ccccc4)ccc2n3-c2ccccc2)cc1.c1ccc2c(-n3c4ccccc4c4cc(-c5ccc6c(c5)c5ccccc5n6-c5cccc6ccccc56)ccc43)cccc2c1.c1ccc2cc(-n3c4ccccc4c4cc(-c5ccc6c(c5)c5ccccc5n6-c5ccc6ccccc6c5)ccc43)ccc2c1. The lowest BCUT2D eigenvalue weighted by molar-refractivity contribution is 1.18. The molecule has 0 amide bonds. The monoisotopic (exact) mass is 1800 g/mol. The zero-order chi connectivity index (χ0) is 93.4. The van der Waals surface area contributed by atoms with Crippen LogP contribution < -0.4 is 0 Å². The molecule has 6 heteroatoms. The summed E-state index contributed by atoms with van der Waals surface area (Å²) in [7, 11) is 0. The van der Waals surface area contributed by atoms with Crippen LogP contribution in [0.2, 0.25) is 0 Å². The van der Waals surface area contributed by atoms with Crippen LogP contribution >= 0.6 is 0 Å². The van der Waals surface area contributed by atoms with E-state index in [4.69, 9.17) is 0 Å². The zero-order valence-electron chi connectivity index (χ0n) is 77.5. The molecule has 0 bridgehead atoms. The third-order valence-electron chi connectivity index (χ3n) is 29.5. The third-order valence-corrected chi connectivity index (χ3v) is 29.5. The number of rotatable bonds is 11. The largest absolute Gasteiger partial charge is 0.309 e. The Morgan fingerprint density at radius 1 is 0.0915 bits per heavy atom. The zero-order valence-corrected chi connectivity index (χ0v) is 77.5. The molecule has 0 radical (unpaired) electrons. The summed E-state index contributed by atoms with van der Waals surface area (Å²) in [5.74, 6) is 0. The minimum atomic E-state index is 1.16. The molecule has 0 aliphatic rings. The van der Waals surface area contributed by atoms with E-state index in [1.165, 1.54) is 252 Å². The number of aromatic nitrogens is 6. The summed E-state index contributed by atoms with van der Waals surface area (Å²) in [6, 6.07) is 195. The highest BCUT2D eigenvalue weighted by atomic mass is 15.0. The molecule has 662 valence electrons. The highest BCUT2D eigenvalue weighted by Gasteiger charge is 2.24. The van der Waals surface area contributed by atoms with Gasteiger partial charge in [0.1, 0.15) is 0 Å². The Hall–Kier alpha value is -18.9. The fraction of sp³-hybridized carbons (Fsp3) is 0. The molecule has 0 fully saturated rings. The van der Waals surface area contributed by atoms with Gasteiger partial charge in [-0.3, -0.25) is 0 Å². The highest BCUT2D eigenvalue weighted by molar-refractivity contribution is 6.19. The molecule has 6 heterocycles. The fourth-order valence-corrected chi connectivity index (χ4v) is 22.9.